The van der Waals surface area contributed by atoms with Crippen molar-refractivity contribution < 1.29 is 8.42 Å². The minimum atomic E-state index is -2.91. The highest BCUT2D eigenvalue weighted by Crippen LogP contribution is 2.38. The lowest BCUT2D eigenvalue weighted by atomic mass is 10.1. The van der Waals surface area contributed by atoms with Crippen LogP contribution in [0.3, 0.4) is 0 Å². The first-order valence-corrected chi connectivity index (χ1v) is 8.51. The molecule has 1 N–H and O–H groups in total. The molecule has 0 saturated carbocycles. The summed E-state index contributed by atoms with van der Waals surface area (Å²) in [4.78, 5) is 1.93. The number of amidine groups is 1. The molecular weight excluding hydrogens is 268 g/mol. The zero-order valence-electron chi connectivity index (χ0n) is 9.74. The second-order valence-electron chi connectivity index (χ2n) is 4.72. The molecule has 0 radical (unpaired) electrons. The van der Waals surface area contributed by atoms with Gasteiger partial charge in [-0.3, -0.25) is 5.41 Å². The van der Waals surface area contributed by atoms with Crippen molar-refractivity contribution in [2.45, 2.75) is 17.8 Å². The lowest BCUT2D eigenvalue weighted by Crippen LogP contribution is -2.36. The molecule has 0 aromatic heterocycles. The number of nitrogens with zero attached hydrogens (tertiary/aromatic N) is 1. The summed E-state index contributed by atoms with van der Waals surface area (Å²) < 4.78 is 23.3. The van der Waals surface area contributed by atoms with Gasteiger partial charge in [-0.2, -0.15) is 0 Å². The Morgan fingerprint density at radius 1 is 1.28 bits per heavy atom. The van der Waals surface area contributed by atoms with Gasteiger partial charge in [-0.05, 0) is 5.56 Å². The summed E-state index contributed by atoms with van der Waals surface area (Å²) in [6.45, 7) is 0.628. The van der Waals surface area contributed by atoms with Crippen LogP contribution < -0.4 is 0 Å². The van der Waals surface area contributed by atoms with Crippen LogP contribution in [0, 0.1) is 5.41 Å². The van der Waals surface area contributed by atoms with E-state index < -0.39 is 9.84 Å². The SMILES string of the molecule is N=C1S[C@@H]2CS(=O)(=O)C[C@@H]2N1Cc1ccccc1. The molecule has 18 heavy (non-hydrogen) atoms. The minimum absolute atomic E-state index is 0.0206. The normalized spacial score (nSPS) is 29.6. The smallest absolute Gasteiger partial charge is 0.157 e. The van der Waals surface area contributed by atoms with Crippen LogP contribution in [0.1, 0.15) is 5.56 Å². The molecule has 0 spiro atoms. The molecule has 4 nitrogen and oxygen atoms in total. The summed E-state index contributed by atoms with van der Waals surface area (Å²) in [5.74, 6) is 0.413. The van der Waals surface area contributed by atoms with E-state index in [0.29, 0.717) is 11.7 Å². The largest absolute Gasteiger partial charge is 0.342 e. The van der Waals surface area contributed by atoms with E-state index >= 15 is 0 Å². The average Bonchev–Trinajstić information content (AvgIpc) is 2.74. The molecule has 2 saturated heterocycles. The molecule has 0 aliphatic carbocycles. The third-order valence-corrected chi connectivity index (χ3v) is 6.56. The fourth-order valence-electron chi connectivity index (χ4n) is 2.53. The van der Waals surface area contributed by atoms with E-state index in [-0.39, 0.29) is 22.8 Å². The summed E-state index contributed by atoms with van der Waals surface area (Å²) in [5, 5.41) is 8.53. The van der Waals surface area contributed by atoms with Crippen LogP contribution in [0.5, 0.6) is 0 Å². The second-order valence-corrected chi connectivity index (χ2v) is 8.10. The summed E-state index contributed by atoms with van der Waals surface area (Å²) in [5.41, 5.74) is 1.12. The van der Waals surface area contributed by atoms with Gasteiger partial charge < -0.3 is 4.90 Å². The van der Waals surface area contributed by atoms with E-state index in [2.05, 4.69) is 0 Å². The summed E-state index contributed by atoms with van der Waals surface area (Å²) in [6, 6.07) is 9.88. The van der Waals surface area contributed by atoms with Crippen molar-refractivity contribution in [2.75, 3.05) is 11.5 Å². The third kappa shape index (κ3) is 2.14. The Hall–Kier alpha value is -1.01. The Balaban J connectivity index is 1.82. The van der Waals surface area contributed by atoms with Crippen molar-refractivity contribution in [1.82, 2.24) is 4.90 Å². The van der Waals surface area contributed by atoms with Crippen LogP contribution in [0.15, 0.2) is 30.3 Å². The zero-order valence-corrected chi connectivity index (χ0v) is 11.4. The van der Waals surface area contributed by atoms with E-state index in [1.807, 2.05) is 35.2 Å². The van der Waals surface area contributed by atoms with Crippen molar-refractivity contribution in [3.8, 4) is 0 Å². The lowest BCUT2D eigenvalue weighted by molar-refractivity contribution is 0.349. The average molecular weight is 282 g/mol. The van der Waals surface area contributed by atoms with Gasteiger partial charge in [0.2, 0.25) is 0 Å². The maximum Gasteiger partial charge on any atom is 0.157 e. The molecule has 0 bridgehead atoms. The van der Waals surface area contributed by atoms with Crippen LogP contribution in [0.25, 0.3) is 0 Å². The van der Waals surface area contributed by atoms with E-state index in [1.54, 1.807) is 0 Å². The number of fused-ring (bicyclic) bond motifs is 1. The van der Waals surface area contributed by atoms with Crippen molar-refractivity contribution in [1.29, 1.82) is 5.41 Å². The van der Waals surface area contributed by atoms with Gasteiger partial charge in [0.25, 0.3) is 0 Å². The van der Waals surface area contributed by atoms with E-state index in [4.69, 9.17) is 5.41 Å². The van der Waals surface area contributed by atoms with E-state index in [9.17, 15) is 8.42 Å². The van der Waals surface area contributed by atoms with E-state index in [1.165, 1.54) is 11.8 Å². The molecule has 1 aromatic carbocycles. The maximum atomic E-state index is 11.6. The Kier molecular flexibility index (Phi) is 2.86. The van der Waals surface area contributed by atoms with Gasteiger partial charge in [0.05, 0.1) is 17.5 Å². The molecule has 2 atom stereocenters. The monoisotopic (exact) mass is 282 g/mol. The standard InChI is InChI=1S/C12H14N2O2S2/c13-12-14(6-9-4-2-1-3-5-9)10-7-18(15,16)8-11(10)17-12/h1-5,10-11,13H,6-8H2/t10-,11+/m0/s1. The summed E-state index contributed by atoms with van der Waals surface area (Å²) in [7, 11) is -2.91. The quantitative estimate of drug-likeness (QED) is 0.889. The highest BCUT2D eigenvalue weighted by atomic mass is 32.2. The number of rotatable bonds is 2. The zero-order chi connectivity index (χ0) is 12.8. The van der Waals surface area contributed by atoms with Crippen LogP contribution >= 0.6 is 11.8 Å². The molecule has 2 aliphatic heterocycles. The van der Waals surface area contributed by atoms with Crippen molar-refractivity contribution in [2.24, 2.45) is 0 Å². The van der Waals surface area contributed by atoms with Crippen molar-refractivity contribution >= 4 is 26.8 Å². The molecule has 0 amide bonds. The van der Waals surface area contributed by atoms with Gasteiger partial charge in [0, 0.05) is 11.8 Å². The van der Waals surface area contributed by atoms with Crippen LogP contribution in [-0.4, -0.2) is 41.3 Å². The highest BCUT2D eigenvalue weighted by molar-refractivity contribution is 8.15. The maximum absolute atomic E-state index is 11.6. The van der Waals surface area contributed by atoms with Crippen molar-refractivity contribution in [3.05, 3.63) is 35.9 Å². The second kappa shape index (κ2) is 4.28. The molecule has 2 heterocycles. The number of benzene rings is 1. The molecular formula is C12H14N2O2S2. The van der Waals surface area contributed by atoms with Gasteiger partial charge in [-0.15, -0.1) is 0 Å². The van der Waals surface area contributed by atoms with Crippen LogP contribution in [-0.2, 0) is 16.4 Å². The van der Waals surface area contributed by atoms with Gasteiger partial charge in [-0.25, -0.2) is 8.42 Å². The first-order chi connectivity index (χ1) is 8.55. The van der Waals surface area contributed by atoms with Crippen LogP contribution in [0.4, 0.5) is 0 Å². The highest BCUT2D eigenvalue weighted by Gasteiger charge is 2.47. The van der Waals surface area contributed by atoms with Gasteiger partial charge in [0.1, 0.15) is 0 Å². The lowest BCUT2D eigenvalue weighted by Gasteiger charge is -2.23. The third-order valence-electron chi connectivity index (χ3n) is 3.39. The number of nitrogens with one attached hydrogen (secondary N) is 1. The summed E-state index contributed by atoms with van der Waals surface area (Å²) in [6.07, 6.45) is 0. The van der Waals surface area contributed by atoms with Gasteiger partial charge in [0.15, 0.2) is 15.0 Å². The first kappa shape index (κ1) is 12.0. The van der Waals surface area contributed by atoms with E-state index in [0.717, 1.165) is 5.56 Å². The number of thioether (sulfide) groups is 1. The molecule has 3 rings (SSSR count). The van der Waals surface area contributed by atoms with Crippen molar-refractivity contribution in [3.63, 3.8) is 0 Å². The molecule has 2 fully saturated rings. The molecule has 0 unspecified atom stereocenters. The Morgan fingerprint density at radius 2 is 2.00 bits per heavy atom. The van der Waals surface area contributed by atoms with Crippen LogP contribution in [0.2, 0.25) is 0 Å². The minimum Gasteiger partial charge on any atom is -0.342 e. The molecule has 1 aromatic rings. The predicted octanol–water partition coefficient (Wildman–Crippen LogP) is 1.34. The number of hydrogen-bond donors (Lipinski definition) is 1. The van der Waals surface area contributed by atoms with Gasteiger partial charge in [-0.1, -0.05) is 42.1 Å². The first-order valence-electron chi connectivity index (χ1n) is 5.81. The topological polar surface area (TPSA) is 61.2 Å². The number of hydrogen-bond acceptors (Lipinski definition) is 4. The summed E-state index contributed by atoms with van der Waals surface area (Å²) >= 11 is 1.40. The Bertz CT molecular complexity index is 571. The van der Waals surface area contributed by atoms with Gasteiger partial charge >= 0.3 is 0 Å². The Labute approximate surface area is 111 Å². The molecule has 2 aliphatic rings. The molecule has 96 valence electrons. The Morgan fingerprint density at radius 3 is 2.72 bits per heavy atom. The predicted molar refractivity (Wildman–Crippen MR) is 73.5 cm³/mol. The fraction of sp³-hybridized carbons (Fsp3) is 0.417. The molecule has 6 heteroatoms. The number of sulfone groups is 1. The fourth-order valence-corrected chi connectivity index (χ4v) is 6.36.